The Morgan fingerprint density at radius 2 is 1.94 bits per heavy atom. The van der Waals surface area contributed by atoms with Gasteiger partial charge in [-0.2, -0.15) is 24.9 Å². The maximum atomic E-state index is 12.4. The van der Waals surface area contributed by atoms with E-state index in [0.717, 1.165) is 23.4 Å². The van der Waals surface area contributed by atoms with Crippen LogP contribution in [0.25, 0.3) is 0 Å². The van der Waals surface area contributed by atoms with Gasteiger partial charge in [0.25, 0.3) is 0 Å². The van der Waals surface area contributed by atoms with Crippen LogP contribution in [0.5, 0.6) is 0 Å². The summed E-state index contributed by atoms with van der Waals surface area (Å²) >= 11 is 1.70. The predicted molar refractivity (Wildman–Crippen MR) is 66.6 cm³/mol. The summed E-state index contributed by atoms with van der Waals surface area (Å²) in [5.74, 6) is 0.901. The molecule has 1 aromatic carbocycles. The van der Waals surface area contributed by atoms with Gasteiger partial charge in [0.15, 0.2) is 0 Å². The predicted octanol–water partition coefficient (Wildman–Crippen LogP) is 3.50. The summed E-state index contributed by atoms with van der Waals surface area (Å²) in [5, 5.41) is 10.5. The summed E-state index contributed by atoms with van der Waals surface area (Å²) in [6.07, 6.45) is -3.19. The molecule has 18 heavy (non-hydrogen) atoms. The van der Waals surface area contributed by atoms with Crippen LogP contribution in [-0.2, 0) is 12.6 Å². The van der Waals surface area contributed by atoms with Crippen LogP contribution in [0.4, 0.5) is 13.2 Å². The molecule has 100 valence electrons. The van der Waals surface area contributed by atoms with Gasteiger partial charge in [-0.3, -0.25) is 0 Å². The van der Waals surface area contributed by atoms with Crippen LogP contribution in [0.3, 0.4) is 0 Å². The second-order valence-corrected chi connectivity index (χ2v) is 6.19. The molecule has 1 N–H and O–H groups in total. The fourth-order valence-corrected chi connectivity index (χ4v) is 3.50. The Hall–Kier alpha value is -0.680. The molecule has 1 nitrogen and oxygen atoms in total. The van der Waals surface area contributed by atoms with Crippen molar-refractivity contribution in [3.63, 3.8) is 0 Å². The zero-order valence-corrected chi connectivity index (χ0v) is 10.8. The Morgan fingerprint density at radius 1 is 1.33 bits per heavy atom. The molecule has 2 rings (SSSR count). The minimum atomic E-state index is -4.30. The summed E-state index contributed by atoms with van der Waals surface area (Å²) in [6.45, 7) is 1.96. The third kappa shape index (κ3) is 2.83. The van der Waals surface area contributed by atoms with Gasteiger partial charge in [-0.15, -0.1) is 0 Å². The molecule has 1 heterocycles. The van der Waals surface area contributed by atoms with Gasteiger partial charge >= 0.3 is 6.18 Å². The maximum absolute atomic E-state index is 12.4. The molecular weight excluding hydrogens is 261 g/mol. The monoisotopic (exact) mass is 276 g/mol. The van der Waals surface area contributed by atoms with E-state index in [1.807, 2.05) is 6.92 Å². The van der Waals surface area contributed by atoms with Gasteiger partial charge in [-0.05, 0) is 29.9 Å². The highest BCUT2D eigenvalue weighted by Crippen LogP contribution is 2.38. The smallest absolute Gasteiger partial charge is 0.388 e. The van der Waals surface area contributed by atoms with Crippen molar-refractivity contribution in [2.24, 2.45) is 0 Å². The number of aliphatic hydroxyl groups is 1. The van der Waals surface area contributed by atoms with Crippen molar-refractivity contribution in [1.82, 2.24) is 0 Å². The lowest BCUT2D eigenvalue weighted by Crippen LogP contribution is -2.36. The summed E-state index contributed by atoms with van der Waals surface area (Å²) in [5.41, 5.74) is -0.684. The zero-order chi connectivity index (χ0) is 13.4. The van der Waals surface area contributed by atoms with Crippen LogP contribution in [0, 0.1) is 0 Å². The summed E-state index contributed by atoms with van der Waals surface area (Å²) in [7, 11) is 0. The SMILES string of the molecule is CC1SCCC1(O)Cc1ccc(C(F)(F)F)cc1. The van der Waals surface area contributed by atoms with Crippen LogP contribution in [0.2, 0.25) is 0 Å². The third-order valence-electron chi connectivity index (χ3n) is 3.45. The number of rotatable bonds is 2. The first-order valence-corrected chi connectivity index (χ1v) is 6.86. The lowest BCUT2D eigenvalue weighted by Gasteiger charge is -2.27. The highest BCUT2D eigenvalue weighted by Gasteiger charge is 2.39. The zero-order valence-electron chi connectivity index (χ0n) is 10.00. The van der Waals surface area contributed by atoms with Gasteiger partial charge in [-0.25, -0.2) is 0 Å². The van der Waals surface area contributed by atoms with E-state index in [2.05, 4.69) is 0 Å². The van der Waals surface area contributed by atoms with E-state index in [-0.39, 0.29) is 5.25 Å². The van der Waals surface area contributed by atoms with E-state index in [1.165, 1.54) is 12.1 Å². The van der Waals surface area contributed by atoms with Crippen LogP contribution in [0.1, 0.15) is 24.5 Å². The van der Waals surface area contributed by atoms with Crippen LogP contribution < -0.4 is 0 Å². The van der Waals surface area contributed by atoms with Crippen molar-refractivity contribution in [2.75, 3.05) is 5.75 Å². The Morgan fingerprint density at radius 3 is 2.39 bits per heavy atom. The highest BCUT2D eigenvalue weighted by atomic mass is 32.2. The Labute approximate surface area is 108 Å². The molecule has 1 aliphatic rings. The van der Waals surface area contributed by atoms with E-state index in [0.29, 0.717) is 12.8 Å². The maximum Gasteiger partial charge on any atom is 0.416 e. The molecule has 0 amide bonds. The van der Waals surface area contributed by atoms with Gasteiger partial charge in [-0.1, -0.05) is 19.1 Å². The van der Waals surface area contributed by atoms with Crippen molar-refractivity contribution in [1.29, 1.82) is 0 Å². The molecule has 0 aliphatic carbocycles. The van der Waals surface area contributed by atoms with Crippen molar-refractivity contribution < 1.29 is 18.3 Å². The highest BCUT2D eigenvalue weighted by molar-refractivity contribution is 8.00. The molecule has 0 radical (unpaired) electrons. The molecule has 0 bridgehead atoms. The van der Waals surface area contributed by atoms with Gasteiger partial charge in [0.05, 0.1) is 11.2 Å². The molecule has 2 unspecified atom stereocenters. The lowest BCUT2D eigenvalue weighted by atomic mass is 9.89. The fourth-order valence-electron chi connectivity index (χ4n) is 2.17. The van der Waals surface area contributed by atoms with Crippen LogP contribution >= 0.6 is 11.8 Å². The quantitative estimate of drug-likeness (QED) is 0.892. The molecule has 0 aromatic heterocycles. The first-order chi connectivity index (χ1) is 8.31. The minimum absolute atomic E-state index is 0.125. The third-order valence-corrected chi connectivity index (χ3v) is 4.83. The summed E-state index contributed by atoms with van der Waals surface area (Å²) in [4.78, 5) is 0. The van der Waals surface area contributed by atoms with Crippen molar-refractivity contribution in [2.45, 2.75) is 36.8 Å². The Bertz CT molecular complexity index is 415. The fraction of sp³-hybridized carbons (Fsp3) is 0.538. The topological polar surface area (TPSA) is 20.2 Å². The number of hydrogen-bond donors (Lipinski definition) is 1. The largest absolute Gasteiger partial charge is 0.416 e. The molecule has 1 saturated heterocycles. The van der Waals surface area contributed by atoms with Crippen molar-refractivity contribution in [3.05, 3.63) is 35.4 Å². The second-order valence-electron chi connectivity index (χ2n) is 4.74. The van der Waals surface area contributed by atoms with Crippen molar-refractivity contribution >= 4 is 11.8 Å². The number of thioether (sulfide) groups is 1. The summed E-state index contributed by atoms with van der Waals surface area (Å²) < 4.78 is 37.2. The van der Waals surface area contributed by atoms with Crippen LogP contribution in [-0.4, -0.2) is 21.7 Å². The molecule has 0 saturated carbocycles. The normalized spacial score (nSPS) is 28.6. The number of halogens is 3. The van der Waals surface area contributed by atoms with Gasteiger partial charge in [0, 0.05) is 11.7 Å². The van der Waals surface area contributed by atoms with E-state index in [1.54, 1.807) is 11.8 Å². The van der Waals surface area contributed by atoms with E-state index in [4.69, 9.17) is 0 Å². The van der Waals surface area contributed by atoms with Crippen molar-refractivity contribution in [3.8, 4) is 0 Å². The van der Waals surface area contributed by atoms with E-state index < -0.39 is 17.3 Å². The van der Waals surface area contributed by atoms with Gasteiger partial charge < -0.3 is 5.11 Å². The number of benzene rings is 1. The molecular formula is C13H15F3OS. The summed E-state index contributed by atoms with van der Waals surface area (Å²) in [6, 6.07) is 5.06. The molecule has 5 heteroatoms. The van der Waals surface area contributed by atoms with Gasteiger partial charge in [0.1, 0.15) is 0 Å². The average Bonchev–Trinajstić information content (AvgIpc) is 2.58. The first kappa shape index (κ1) is 13.7. The molecule has 0 spiro atoms. The Kier molecular flexibility index (Phi) is 3.65. The molecule has 1 aromatic rings. The van der Waals surface area contributed by atoms with E-state index >= 15 is 0 Å². The Balaban J connectivity index is 2.11. The number of hydrogen-bond acceptors (Lipinski definition) is 2. The molecule has 1 aliphatic heterocycles. The van der Waals surface area contributed by atoms with E-state index in [9.17, 15) is 18.3 Å². The lowest BCUT2D eigenvalue weighted by molar-refractivity contribution is -0.137. The standard InChI is InChI=1S/C13H15F3OS/c1-9-12(17,6-7-18-9)8-10-2-4-11(5-3-10)13(14,15)16/h2-5,9,17H,6-8H2,1H3. The molecule has 2 atom stereocenters. The average molecular weight is 276 g/mol. The van der Waals surface area contributed by atoms with Gasteiger partial charge in [0.2, 0.25) is 0 Å². The minimum Gasteiger partial charge on any atom is -0.388 e. The first-order valence-electron chi connectivity index (χ1n) is 5.81. The second kappa shape index (κ2) is 4.78. The molecule has 1 fully saturated rings. The number of alkyl halides is 3. The van der Waals surface area contributed by atoms with Crippen LogP contribution in [0.15, 0.2) is 24.3 Å².